The molecule has 6 heteroatoms. The molecule has 0 aromatic heterocycles. The van der Waals surface area contributed by atoms with Crippen LogP contribution in [-0.4, -0.2) is 25.6 Å². The van der Waals surface area contributed by atoms with Gasteiger partial charge in [-0.15, -0.1) is 0 Å². The highest BCUT2D eigenvalue weighted by Gasteiger charge is 2.16. The van der Waals surface area contributed by atoms with Crippen molar-refractivity contribution >= 4 is 40.8 Å². The number of rotatable bonds is 7. The minimum Gasteiger partial charge on any atom is -0.497 e. The molecule has 0 spiro atoms. The molecule has 1 N–H and O–H groups in total. The molecule has 0 fully saturated rings. The molecule has 0 aliphatic rings. The highest BCUT2D eigenvalue weighted by molar-refractivity contribution is 6.33. The van der Waals surface area contributed by atoms with Crippen molar-refractivity contribution in [3.63, 3.8) is 0 Å². The molecule has 0 bridgehead atoms. The van der Waals surface area contributed by atoms with Crippen LogP contribution in [0, 0.1) is 0 Å². The van der Waals surface area contributed by atoms with Crippen molar-refractivity contribution < 1.29 is 19.1 Å². The first-order valence-electron chi connectivity index (χ1n) is 9.19. The second-order valence-electron chi connectivity index (χ2n) is 6.30. The van der Waals surface area contributed by atoms with Gasteiger partial charge < -0.3 is 14.8 Å². The Morgan fingerprint density at radius 3 is 2.43 bits per heavy atom. The Morgan fingerprint density at radius 2 is 1.70 bits per heavy atom. The van der Waals surface area contributed by atoms with Crippen molar-refractivity contribution in [3.05, 3.63) is 95.0 Å². The molecule has 1 amide bonds. The van der Waals surface area contributed by atoms with Gasteiger partial charge in [0.25, 0.3) is 5.91 Å². The summed E-state index contributed by atoms with van der Waals surface area (Å²) >= 11 is 6.03. The zero-order valence-corrected chi connectivity index (χ0v) is 17.1. The van der Waals surface area contributed by atoms with Gasteiger partial charge in [-0.1, -0.05) is 66.2 Å². The van der Waals surface area contributed by atoms with E-state index in [4.69, 9.17) is 21.1 Å². The zero-order valence-electron chi connectivity index (χ0n) is 16.3. The Kier molecular flexibility index (Phi) is 7.24. The Balaban J connectivity index is 1.76. The first-order valence-corrected chi connectivity index (χ1v) is 9.57. The number of ether oxygens (including phenoxy) is 2. The molecular weight excluding hydrogens is 402 g/mol. The predicted molar refractivity (Wildman–Crippen MR) is 118 cm³/mol. The van der Waals surface area contributed by atoms with Gasteiger partial charge in [-0.3, -0.25) is 4.79 Å². The fraction of sp³-hybridized carbons (Fsp3) is 0.0833. The second kappa shape index (κ2) is 10.3. The Morgan fingerprint density at radius 1 is 0.967 bits per heavy atom. The first kappa shape index (κ1) is 21.1. The largest absolute Gasteiger partial charge is 0.497 e. The number of halogens is 1. The summed E-state index contributed by atoms with van der Waals surface area (Å²) in [5.41, 5.74) is 2.23. The minimum atomic E-state index is -0.613. The molecule has 0 saturated heterocycles. The highest BCUT2D eigenvalue weighted by Crippen LogP contribution is 2.23. The Hall–Kier alpha value is -3.57. The van der Waals surface area contributed by atoms with E-state index in [1.54, 1.807) is 55.7 Å². The summed E-state index contributed by atoms with van der Waals surface area (Å²) in [6, 6.07) is 23.2. The summed E-state index contributed by atoms with van der Waals surface area (Å²) < 4.78 is 10.5. The van der Waals surface area contributed by atoms with Gasteiger partial charge in [-0.05, 0) is 41.5 Å². The number of benzene rings is 3. The van der Waals surface area contributed by atoms with Crippen molar-refractivity contribution in [3.8, 4) is 5.75 Å². The third kappa shape index (κ3) is 5.72. The molecule has 0 heterocycles. The van der Waals surface area contributed by atoms with Crippen LogP contribution in [0.5, 0.6) is 5.75 Å². The molecule has 3 aromatic carbocycles. The number of nitrogens with one attached hydrogen (secondary N) is 1. The number of para-hydroxylation sites is 1. The maximum absolute atomic E-state index is 12.8. The summed E-state index contributed by atoms with van der Waals surface area (Å²) in [6.07, 6.45) is 1.70. The fourth-order valence-corrected chi connectivity index (χ4v) is 2.92. The van der Waals surface area contributed by atoms with Crippen molar-refractivity contribution in [2.75, 3.05) is 19.0 Å². The molecule has 0 saturated carbocycles. The van der Waals surface area contributed by atoms with Crippen molar-refractivity contribution in [1.82, 2.24) is 0 Å². The molecule has 0 radical (unpaired) electrons. The van der Waals surface area contributed by atoms with Crippen LogP contribution in [0.2, 0.25) is 5.02 Å². The quantitative estimate of drug-likeness (QED) is 0.328. The van der Waals surface area contributed by atoms with Crippen molar-refractivity contribution in [2.24, 2.45) is 0 Å². The van der Waals surface area contributed by atoms with E-state index in [-0.39, 0.29) is 0 Å². The summed E-state index contributed by atoms with van der Waals surface area (Å²) in [5.74, 6) is -0.424. The number of hydrogen-bond donors (Lipinski definition) is 1. The topological polar surface area (TPSA) is 64.6 Å². The van der Waals surface area contributed by atoms with Gasteiger partial charge in [-0.2, -0.15) is 0 Å². The monoisotopic (exact) mass is 421 g/mol. The lowest BCUT2D eigenvalue weighted by atomic mass is 10.0. The average Bonchev–Trinajstić information content (AvgIpc) is 2.78. The van der Waals surface area contributed by atoms with Crippen molar-refractivity contribution in [1.29, 1.82) is 0 Å². The molecule has 0 aliphatic carbocycles. The number of amides is 1. The number of anilines is 1. The van der Waals surface area contributed by atoms with Crippen LogP contribution >= 0.6 is 11.6 Å². The summed E-state index contributed by atoms with van der Waals surface area (Å²) in [6.45, 7) is -0.438. The lowest BCUT2D eigenvalue weighted by molar-refractivity contribution is -0.141. The van der Waals surface area contributed by atoms with E-state index < -0.39 is 18.5 Å². The van der Waals surface area contributed by atoms with E-state index in [0.29, 0.717) is 27.6 Å². The molecule has 3 aromatic rings. The Bertz CT molecular complexity index is 1060. The number of esters is 1. The van der Waals surface area contributed by atoms with E-state index in [0.717, 1.165) is 5.56 Å². The molecule has 30 heavy (non-hydrogen) atoms. The summed E-state index contributed by atoms with van der Waals surface area (Å²) in [4.78, 5) is 25.0. The number of carbonyl (C=O) groups excluding carboxylic acids is 2. The van der Waals surface area contributed by atoms with Gasteiger partial charge in [0, 0.05) is 0 Å². The van der Waals surface area contributed by atoms with Crippen LogP contribution in [0.1, 0.15) is 11.1 Å². The van der Waals surface area contributed by atoms with E-state index in [2.05, 4.69) is 5.32 Å². The van der Waals surface area contributed by atoms with Crippen LogP contribution in [0.4, 0.5) is 5.69 Å². The van der Waals surface area contributed by atoms with E-state index in [9.17, 15) is 9.59 Å². The van der Waals surface area contributed by atoms with E-state index >= 15 is 0 Å². The maximum Gasteiger partial charge on any atom is 0.339 e. The molecule has 0 atom stereocenters. The summed E-state index contributed by atoms with van der Waals surface area (Å²) in [5, 5.41) is 3.03. The van der Waals surface area contributed by atoms with Gasteiger partial charge in [0.05, 0.1) is 23.4 Å². The third-order valence-corrected chi connectivity index (χ3v) is 4.52. The highest BCUT2D eigenvalue weighted by atomic mass is 35.5. The SMILES string of the molecule is COc1cccc(/C=C(/C(=O)OCC(=O)Nc2ccccc2Cl)c2ccccc2)c1. The van der Waals surface area contributed by atoms with E-state index in [1.165, 1.54) is 0 Å². The minimum absolute atomic E-state index is 0.328. The molecule has 152 valence electrons. The third-order valence-electron chi connectivity index (χ3n) is 4.19. The van der Waals surface area contributed by atoms with Crippen molar-refractivity contribution in [2.45, 2.75) is 0 Å². The Labute approximate surface area is 179 Å². The molecule has 0 unspecified atom stereocenters. The number of methoxy groups -OCH3 is 1. The van der Waals surface area contributed by atoms with Gasteiger partial charge in [0.15, 0.2) is 6.61 Å². The standard InChI is InChI=1S/C24H20ClNO4/c1-29-19-11-7-8-17(14-19)15-20(18-9-3-2-4-10-18)24(28)30-16-23(27)26-22-13-6-5-12-21(22)25/h2-15H,16H2,1H3,(H,26,27)/b20-15+. The number of carbonyl (C=O) groups is 2. The van der Waals surface area contributed by atoms with Crippen LogP contribution in [0.3, 0.4) is 0 Å². The molecule has 0 aliphatic heterocycles. The van der Waals surface area contributed by atoms with Gasteiger partial charge in [-0.25, -0.2) is 4.79 Å². The lowest BCUT2D eigenvalue weighted by Crippen LogP contribution is -2.21. The smallest absolute Gasteiger partial charge is 0.339 e. The fourth-order valence-electron chi connectivity index (χ4n) is 2.73. The normalized spacial score (nSPS) is 10.9. The predicted octanol–water partition coefficient (Wildman–Crippen LogP) is 5.07. The molecular formula is C24H20ClNO4. The van der Waals surface area contributed by atoms with Crippen LogP contribution in [-0.2, 0) is 14.3 Å². The number of hydrogen-bond acceptors (Lipinski definition) is 4. The zero-order chi connectivity index (χ0) is 21.3. The average molecular weight is 422 g/mol. The molecule has 3 rings (SSSR count). The van der Waals surface area contributed by atoms with Gasteiger partial charge in [0.1, 0.15) is 5.75 Å². The summed E-state index contributed by atoms with van der Waals surface area (Å²) in [7, 11) is 1.58. The second-order valence-corrected chi connectivity index (χ2v) is 6.71. The lowest BCUT2D eigenvalue weighted by Gasteiger charge is -2.10. The van der Waals surface area contributed by atoms with Gasteiger partial charge >= 0.3 is 5.97 Å². The van der Waals surface area contributed by atoms with Crippen LogP contribution < -0.4 is 10.1 Å². The first-order chi connectivity index (χ1) is 14.6. The maximum atomic E-state index is 12.8. The van der Waals surface area contributed by atoms with Crippen LogP contribution in [0.15, 0.2) is 78.9 Å². The molecule has 5 nitrogen and oxygen atoms in total. The van der Waals surface area contributed by atoms with Gasteiger partial charge in [0.2, 0.25) is 0 Å². The van der Waals surface area contributed by atoms with Crippen LogP contribution in [0.25, 0.3) is 11.6 Å². The van der Waals surface area contributed by atoms with E-state index in [1.807, 2.05) is 36.4 Å².